The highest BCUT2D eigenvalue weighted by Gasteiger charge is 2.43. The summed E-state index contributed by atoms with van der Waals surface area (Å²) in [5, 5.41) is 9.59. The molecule has 1 N–H and O–H groups in total. The summed E-state index contributed by atoms with van der Waals surface area (Å²) >= 11 is 0. The molecule has 0 spiro atoms. The Balaban J connectivity index is 1.73. The van der Waals surface area contributed by atoms with Gasteiger partial charge in [0, 0.05) is 13.1 Å². The first-order valence-electron chi connectivity index (χ1n) is 8.12. The molecule has 1 aromatic carbocycles. The zero-order chi connectivity index (χ0) is 16.4. The second-order valence-corrected chi connectivity index (χ2v) is 5.98. The number of ether oxygens (including phenoxy) is 1. The second-order valence-electron chi connectivity index (χ2n) is 5.98. The summed E-state index contributed by atoms with van der Waals surface area (Å²) in [7, 11) is 0. The van der Waals surface area contributed by atoms with Gasteiger partial charge in [-0.25, -0.2) is 4.90 Å². The van der Waals surface area contributed by atoms with Crippen molar-refractivity contribution < 1.29 is 19.4 Å². The van der Waals surface area contributed by atoms with Gasteiger partial charge in [-0.05, 0) is 44.0 Å². The maximum absolute atomic E-state index is 12.7. The van der Waals surface area contributed by atoms with E-state index in [2.05, 4.69) is 0 Å². The molecule has 2 amide bonds. The average molecular weight is 318 g/mol. The SMILES string of the molecule is CCOc1ccc(N2C(=O)C[C@@H](N3CCC(O)CC3)C2=O)cc1. The molecular weight excluding hydrogens is 296 g/mol. The van der Waals surface area contributed by atoms with Crippen molar-refractivity contribution in [1.29, 1.82) is 0 Å². The highest BCUT2D eigenvalue weighted by molar-refractivity contribution is 6.22. The number of imide groups is 1. The molecule has 0 radical (unpaired) electrons. The van der Waals surface area contributed by atoms with Gasteiger partial charge in [0.05, 0.1) is 30.9 Å². The minimum atomic E-state index is -0.401. The number of carbonyl (C=O) groups excluding carboxylic acids is 2. The summed E-state index contributed by atoms with van der Waals surface area (Å²) in [6.45, 7) is 3.79. The van der Waals surface area contributed by atoms with E-state index in [1.54, 1.807) is 24.3 Å². The summed E-state index contributed by atoms with van der Waals surface area (Å²) in [6, 6.07) is 6.61. The lowest BCUT2D eigenvalue weighted by Crippen LogP contribution is -2.46. The predicted octanol–water partition coefficient (Wildman–Crippen LogP) is 1.17. The topological polar surface area (TPSA) is 70.1 Å². The zero-order valence-corrected chi connectivity index (χ0v) is 13.3. The molecule has 0 saturated carbocycles. The van der Waals surface area contributed by atoms with Crippen LogP contribution in [0.1, 0.15) is 26.2 Å². The van der Waals surface area contributed by atoms with Crippen molar-refractivity contribution in [1.82, 2.24) is 4.90 Å². The van der Waals surface area contributed by atoms with Gasteiger partial charge in [0.2, 0.25) is 5.91 Å². The van der Waals surface area contributed by atoms with Gasteiger partial charge < -0.3 is 9.84 Å². The molecular formula is C17H22N2O4. The first-order chi connectivity index (χ1) is 11.1. The Labute approximate surface area is 135 Å². The standard InChI is InChI=1S/C17H22N2O4/c1-2-23-14-5-3-12(4-6-14)19-16(21)11-15(17(19)22)18-9-7-13(20)8-10-18/h3-6,13,15,20H,2,7-11H2,1H3/t15-/m1/s1. The summed E-state index contributed by atoms with van der Waals surface area (Å²) in [4.78, 5) is 28.3. The highest BCUT2D eigenvalue weighted by atomic mass is 16.5. The van der Waals surface area contributed by atoms with Crippen LogP contribution in [0.3, 0.4) is 0 Å². The van der Waals surface area contributed by atoms with Crippen LogP contribution in [0.2, 0.25) is 0 Å². The Kier molecular flexibility index (Phi) is 4.63. The van der Waals surface area contributed by atoms with E-state index >= 15 is 0 Å². The number of anilines is 1. The van der Waals surface area contributed by atoms with Crippen molar-refractivity contribution in [2.75, 3.05) is 24.6 Å². The summed E-state index contributed by atoms with van der Waals surface area (Å²) in [5.74, 6) is 0.378. The van der Waals surface area contributed by atoms with Crippen molar-refractivity contribution in [2.45, 2.75) is 38.3 Å². The molecule has 6 heteroatoms. The number of rotatable bonds is 4. The van der Waals surface area contributed by atoms with E-state index in [1.165, 1.54) is 4.90 Å². The predicted molar refractivity (Wildman–Crippen MR) is 85.3 cm³/mol. The molecule has 2 saturated heterocycles. The molecule has 0 unspecified atom stereocenters. The van der Waals surface area contributed by atoms with Gasteiger partial charge in [-0.1, -0.05) is 0 Å². The maximum Gasteiger partial charge on any atom is 0.251 e. The van der Waals surface area contributed by atoms with Crippen LogP contribution in [0.4, 0.5) is 5.69 Å². The fourth-order valence-corrected chi connectivity index (χ4v) is 3.23. The number of benzene rings is 1. The number of aliphatic hydroxyl groups is 1. The van der Waals surface area contributed by atoms with E-state index < -0.39 is 6.04 Å². The van der Waals surface area contributed by atoms with Crippen molar-refractivity contribution in [3.8, 4) is 5.75 Å². The number of aliphatic hydroxyl groups excluding tert-OH is 1. The van der Waals surface area contributed by atoms with Gasteiger partial charge in [-0.3, -0.25) is 14.5 Å². The largest absolute Gasteiger partial charge is 0.494 e. The number of piperidine rings is 1. The van der Waals surface area contributed by atoms with Crippen molar-refractivity contribution in [2.24, 2.45) is 0 Å². The van der Waals surface area contributed by atoms with Crippen molar-refractivity contribution in [3.05, 3.63) is 24.3 Å². The van der Waals surface area contributed by atoms with Crippen LogP contribution in [0.5, 0.6) is 5.75 Å². The van der Waals surface area contributed by atoms with Gasteiger partial charge in [0.25, 0.3) is 5.91 Å². The molecule has 6 nitrogen and oxygen atoms in total. The van der Waals surface area contributed by atoms with Crippen LogP contribution in [0, 0.1) is 0 Å². The van der Waals surface area contributed by atoms with E-state index in [9.17, 15) is 14.7 Å². The highest BCUT2D eigenvalue weighted by Crippen LogP contribution is 2.28. The molecule has 2 heterocycles. The Hall–Kier alpha value is -1.92. The van der Waals surface area contributed by atoms with Crippen molar-refractivity contribution >= 4 is 17.5 Å². The Morgan fingerprint density at radius 2 is 1.83 bits per heavy atom. The maximum atomic E-state index is 12.7. The van der Waals surface area contributed by atoms with Crippen LogP contribution in [0.15, 0.2) is 24.3 Å². The third-order valence-electron chi connectivity index (χ3n) is 4.47. The van der Waals surface area contributed by atoms with Gasteiger partial charge >= 0.3 is 0 Å². The summed E-state index contributed by atoms with van der Waals surface area (Å²) < 4.78 is 5.38. The van der Waals surface area contributed by atoms with Gasteiger partial charge in [0.1, 0.15) is 5.75 Å². The van der Waals surface area contributed by atoms with E-state index in [1.807, 2.05) is 11.8 Å². The Morgan fingerprint density at radius 3 is 2.43 bits per heavy atom. The summed E-state index contributed by atoms with van der Waals surface area (Å²) in [5.41, 5.74) is 0.586. The van der Waals surface area contributed by atoms with E-state index in [0.29, 0.717) is 38.2 Å². The monoisotopic (exact) mass is 318 g/mol. The zero-order valence-electron chi connectivity index (χ0n) is 13.3. The molecule has 3 rings (SSSR count). The third kappa shape index (κ3) is 3.23. The smallest absolute Gasteiger partial charge is 0.251 e. The van der Waals surface area contributed by atoms with Crippen LogP contribution in [0.25, 0.3) is 0 Å². The Bertz CT molecular complexity index is 579. The molecule has 2 aliphatic heterocycles. The van der Waals surface area contributed by atoms with Crippen LogP contribution < -0.4 is 9.64 Å². The fourth-order valence-electron chi connectivity index (χ4n) is 3.23. The second kappa shape index (κ2) is 6.68. The van der Waals surface area contributed by atoms with E-state index in [0.717, 1.165) is 5.75 Å². The molecule has 23 heavy (non-hydrogen) atoms. The molecule has 2 fully saturated rings. The van der Waals surface area contributed by atoms with E-state index in [4.69, 9.17) is 4.74 Å². The lowest BCUT2D eigenvalue weighted by atomic mass is 10.1. The number of hydrogen-bond acceptors (Lipinski definition) is 5. The van der Waals surface area contributed by atoms with E-state index in [-0.39, 0.29) is 24.3 Å². The molecule has 124 valence electrons. The summed E-state index contributed by atoms with van der Waals surface area (Å²) in [6.07, 6.45) is 1.23. The number of nitrogens with zero attached hydrogens (tertiary/aromatic N) is 2. The van der Waals surface area contributed by atoms with Gasteiger partial charge in [-0.15, -0.1) is 0 Å². The van der Waals surface area contributed by atoms with Crippen LogP contribution in [-0.4, -0.2) is 53.7 Å². The third-order valence-corrected chi connectivity index (χ3v) is 4.47. The molecule has 2 aliphatic rings. The minimum Gasteiger partial charge on any atom is -0.494 e. The normalized spacial score (nSPS) is 23.6. The number of carbonyl (C=O) groups is 2. The first kappa shape index (κ1) is 16.0. The molecule has 1 aromatic rings. The molecule has 0 aromatic heterocycles. The number of likely N-dealkylation sites (tertiary alicyclic amines) is 1. The first-order valence-corrected chi connectivity index (χ1v) is 8.12. The molecule has 1 atom stereocenters. The average Bonchev–Trinajstić information content (AvgIpc) is 2.84. The van der Waals surface area contributed by atoms with Gasteiger partial charge in [0.15, 0.2) is 0 Å². The van der Waals surface area contributed by atoms with Crippen LogP contribution >= 0.6 is 0 Å². The number of hydrogen-bond donors (Lipinski definition) is 1. The quantitative estimate of drug-likeness (QED) is 0.844. The van der Waals surface area contributed by atoms with Crippen LogP contribution in [-0.2, 0) is 9.59 Å². The lowest BCUT2D eigenvalue weighted by molar-refractivity contribution is -0.123. The van der Waals surface area contributed by atoms with Gasteiger partial charge in [-0.2, -0.15) is 0 Å². The molecule has 0 aliphatic carbocycles. The van der Waals surface area contributed by atoms with Crippen molar-refractivity contribution in [3.63, 3.8) is 0 Å². The minimum absolute atomic E-state index is 0.171. The fraction of sp³-hybridized carbons (Fsp3) is 0.529. The number of amides is 2. The Morgan fingerprint density at radius 1 is 1.17 bits per heavy atom. The lowest BCUT2D eigenvalue weighted by Gasteiger charge is -2.32. The molecule has 0 bridgehead atoms.